The van der Waals surface area contributed by atoms with Gasteiger partial charge in [-0.3, -0.25) is 14.9 Å². The predicted molar refractivity (Wildman–Crippen MR) is 68.7 cm³/mol. The molecule has 0 saturated heterocycles. The topological polar surface area (TPSA) is 118 Å². The third kappa shape index (κ3) is 2.65. The van der Waals surface area contributed by atoms with E-state index in [2.05, 4.69) is 5.32 Å². The van der Waals surface area contributed by atoms with Crippen LogP contribution in [0.3, 0.4) is 0 Å². The molecule has 7 heteroatoms. The van der Waals surface area contributed by atoms with E-state index in [0.717, 1.165) is 18.9 Å². The second-order valence-corrected chi connectivity index (χ2v) is 4.97. The molecule has 0 aliphatic heterocycles. The summed E-state index contributed by atoms with van der Waals surface area (Å²) in [6, 6.07) is 3.48. The number of nitrogens with one attached hydrogen (secondary N) is 1. The SMILES string of the molecule is CC(N)(C(=O)Nc1ccc([N+](=O)[O-])cc1O)C1CC1. The number of anilines is 1. The molecule has 1 aromatic rings. The van der Waals surface area contributed by atoms with E-state index in [4.69, 9.17) is 5.73 Å². The van der Waals surface area contributed by atoms with E-state index < -0.39 is 16.4 Å². The van der Waals surface area contributed by atoms with Gasteiger partial charge in [-0.1, -0.05) is 0 Å². The molecule has 1 atom stereocenters. The fourth-order valence-corrected chi connectivity index (χ4v) is 1.86. The van der Waals surface area contributed by atoms with E-state index in [1.807, 2.05) is 0 Å². The van der Waals surface area contributed by atoms with E-state index >= 15 is 0 Å². The molecular formula is C12H15N3O4. The Labute approximate surface area is 109 Å². The first-order valence-electron chi connectivity index (χ1n) is 5.90. The van der Waals surface area contributed by atoms with Crippen LogP contribution in [0.25, 0.3) is 0 Å². The number of amides is 1. The lowest BCUT2D eigenvalue weighted by Crippen LogP contribution is -2.50. The molecule has 0 heterocycles. The van der Waals surface area contributed by atoms with Crippen LogP contribution in [0.4, 0.5) is 11.4 Å². The molecule has 19 heavy (non-hydrogen) atoms. The highest BCUT2D eigenvalue weighted by molar-refractivity contribution is 5.99. The Morgan fingerprint density at radius 3 is 2.68 bits per heavy atom. The van der Waals surface area contributed by atoms with E-state index in [9.17, 15) is 20.0 Å². The molecule has 1 unspecified atom stereocenters. The third-order valence-corrected chi connectivity index (χ3v) is 3.36. The van der Waals surface area contributed by atoms with Gasteiger partial charge in [0.15, 0.2) is 0 Å². The summed E-state index contributed by atoms with van der Waals surface area (Å²) < 4.78 is 0. The van der Waals surface area contributed by atoms with Crippen molar-refractivity contribution >= 4 is 17.3 Å². The first kappa shape index (κ1) is 13.3. The maximum Gasteiger partial charge on any atom is 0.273 e. The van der Waals surface area contributed by atoms with Crippen molar-refractivity contribution < 1.29 is 14.8 Å². The molecular weight excluding hydrogens is 250 g/mol. The van der Waals surface area contributed by atoms with Crippen molar-refractivity contribution in [1.29, 1.82) is 0 Å². The van der Waals surface area contributed by atoms with Gasteiger partial charge < -0.3 is 16.2 Å². The minimum atomic E-state index is -0.992. The summed E-state index contributed by atoms with van der Waals surface area (Å²) in [4.78, 5) is 21.9. The number of hydrogen-bond acceptors (Lipinski definition) is 5. The largest absolute Gasteiger partial charge is 0.506 e. The molecule has 1 amide bonds. The number of aromatic hydroxyl groups is 1. The van der Waals surface area contributed by atoms with Gasteiger partial charge in [0.05, 0.1) is 22.2 Å². The molecule has 0 spiro atoms. The Hall–Kier alpha value is -2.15. The Morgan fingerprint density at radius 2 is 2.21 bits per heavy atom. The van der Waals surface area contributed by atoms with Crippen molar-refractivity contribution in [2.45, 2.75) is 25.3 Å². The number of rotatable bonds is 4. The molecule has 0 radical (unpaired) electrons. The van der Waals surface area contributed by atoms with E-state index in [1.165, 1.54) is 12.1 Å². The van der Waals surface area contributed by atoms with Gasteiger partial charge in [-0.25, -0.2) is 0 Å². The summed E-state index contributed by atoms with van der Waals surface area (Å²) in [5.74, 6) is -0.610. The van der Waals surface area contributed by atoms with E-state index in [0.29, 0.717) is 0 Å². The summed E-state index contributed by atoms with van der Waals surface area (Å²) in [6.45, 7) is 1.64. The standard InChI is InChI=1S/C12H15N3O4/c1-12(13,7-2-3-7)11(17)14-9-5-4-8(15(18)19)6-10(9)16/h4-7,16H,2-3,13H2,1H3,(H,14,17). The zero-order chi connectivity index (χ0) is 14.2. The average molecular weight is 265 g/mol. The average Bonchev–Trinajstić information content (AvgIpc) is 3.15. The van der Waals surface area contributed by atoms with E-state index in [-0.39, 0.29) is 23.0 Å². The summed E-state index contributed by atoms with van der Waals surface area (Å²) in [6.07, 6.45) is 1.82. The summed E-state index contributed by atoms with van der Waals surface area (Å²) in [7, 11) is 0. The first-order valence-corrected chi connectivity index (χ1v) is 5.90. The van der Waals surface area contributed by atoms with Gasteiger partial charge in [0.25, 0.3) is 5.69 Å². The molecule has 1 aliphatic rings. The Kier molecular flexibility index (Phi) is 3.15. The van der Waals surface area contributed by atoms with Crippen LogP contribution >= 0.6 is 0 Å². The number of phenols is 1. The van der Waals surface area contributed by atoms with Crippen LogP contribution < -0.4 is 11.1 Å². The van der Waals surface area contributed by atoms with E-state index in [1.54, 1.807) is 6.92 Å². The lowest BCUT2D eigenvalue weighted by atomic mass is 9.96. The Bertz CT molecular complexity index is 538. The fraction of sp³-hybridized carbons (Fsp3) is 0.417. The number of nitrogens with zero attached hydrogens (tertiary/aromatic N) is 1. The predicted octanol–water partition coefficient (Wildman–Crippen LogP) is 1.37. The number of benzene rings is 1. The van der Waals surface area contributed by atoms with Gasteiger partial charge in [-0.05, 0) is 31.7 Å². The van der Waals surface area contributed by atoms with Crippen LogP contribution in [0.15, 0.2) is 18.2 Å². The number of carbonyl (C=O) groups excluding carboxylic acids is 1. The quantitative estimate of drug-likeness (QED) is 0.431. The molecule has 1 fully saturated rings. The molecule has 0 aromatic heterocycles. The summed E-state index contributed by atoms with van der Waals surface area (Å²) in [5, 5.41) is 22.7. The molecule has 1 saturated carbocycles. The van der Waals surface area contributed by atoms with Crippen molar-refractivity contribution in [2.75, 3.05) is 5.32 Å². The van der Waals surface area contributed by atoms with Crippen molar-refractivity contribution in [2.24, 2.45) is 11.7 Å². The molecule has 0 bridgehead atoms. The lowest BCUT2D eigenvalue weighted by Gasteiger charge is -2.23. The van der Waals surface area contributed by atoms with Crippen LogP contribution in [0.2, 0.25) is 0 Å². The highest BCUT2D eigenvalue weighted by Crippen LogP contribution is 2.39. The Balaban J connectivity index is 2.15. The lowest BCUT2D eigenvalue weighted by molar-refractivity contribution is -0.384. The number of hydrogen-bond donors (Lipinski definition) is 3. The molecule has 4 N–H and O–H groups in total. The molecule has 102 valence electrons. The smallest absolute Gasteiger partial charge is 0.273 e. The first-order chi connectivity index (χ1) is 8.82. The minimum absolute atomic E-state index is 0.118. The van der Waals surface area contributed by atoms with Crippen molar-refractivity contribution in [3.8, 4) is 5.75 Å². The van der Waals surface area contributed by atoms with Gasteiger partial charge >= 0.3 is 0 Å². The van der Waals surface area contributed by atoms with Crippen molar-refractivity contribution in [1.82, 2.24) is 0 Å². The normalized spacial score (nSPS) is 17.6. The minimum Gasteiger partial charge on any atom is -0.506 e. The fourth-order valence-electron chi connectivity index (χ4n) is 1.86. The number of non-ortho nitro benzene ring substituents is 1. The second kappa shape index (κ2) is 4.51. The summed E-state index contributed by atoms with van der Waals surface area (Å²) >= 11 is 0. The molecule has 1 aliphatic carbocycles. The van der Waals surface area contributed by atoms with Crippen LogP contribution in [-0.4, -0.2) is 21.5 Å². The highest BCUT2D eigenvalue weighted by Gasteiger charge is 2.44. The third-order valence-electron chi connectivity index (χ3n) is 3.36. The van der Waals surface area contributed by atoms with Crippen LogP contribution in [0.1, 0.15) is 19.8 Å². The van der Waals surface area contributed by atoms with Gasteiger partial charge in [0.2, 0.25) is 5.91 Å². The Morgan fingerprint density at radius 1 is 1.58 bits per heavy atom. The summed E-state index contributed by atoms with van der Waals surface area (Å²) in [5.41, 5.74) is 4.82. The number of phenolic OH excluding ortho intramolecular Hbond substituents is 1. The van der Waals surface area contributed by atoms with Gasteiger partial charge in [-0.15, -0.1) is 0 Å². The number of nitro groups is 1. The van der Waals surface area contributed by atoms with Gasteiger partial charge in [-0.2, -0.15) is 0 Å². The number of nitrogens with two attached hydrogens (primary N) is 1. The number of carbonyl (C=O) groups is 1. The van der Waals surface area contributed by atoms with Gasteiger partial charge in [0, 0.05) is 6.07 Å². The molecule has 2 rings (SSSR count). The maximum atomic E-state index is 12.0. The van der Waals surface area contributed by atoms with Gasteiger partial charge in [0.1, 0.15) is 5.75 Å². The van der Waals surface area contributed by atoms with Crippen molar-refractivity contribution in [3.63, 3.8) is 0 Å². The monoisotopic (exact) mass is 265 g/mol. The zero-order valence-electron chi connectivity index (χ0n) is 10.4. The maximum absolute atomic E-state index is 12.0. The van der Waals surface area contributed by atoms with Crippen LogP contribution in [-0.2, 0) is 4.79 Å². The number of nitro benzene ring substituents is 1. The van der Waals surface area contributed by atoms with Crippen LogP contribution in [0, 0.1) is 16.0 Å². The van der Waals surface area contributed by atoms with Crippen molar-refractivity contribution in [3.05, 3.63) is 28.3 Å². The molecule has 1 aromatic carbocycles. The second-order valence-electron chi connectivity index (χ2n) is 4.97. The zero-order valence-corrected chi connectivity index (χ0v) is 10.4. The highest BCUT2D eigenvalue weighted by atomic mass is 16.6. The molecule has 7 nitrogen and oxygen atoms in total. The van der Waals surface area contributed by atoms with Crippen LogP contribution in [0.5, 0.6) is 5.75 Å².